The van der Waals surface area contributed by atoms with Crippen LogP contribution in [0.15, 0.2) is 24.3 Å². The molecule has 27 heavy (non-hydrogen) atoms. The molecule has 2 aliphatic heterocycles. The number of benzene rings is 2. The molecule has 5 rings (SSSR count). The van der Waals surface area contributed by atoms with Gasteiger partial charge in [0.2, 0.25) is 0 Å². The highest BCUT2D eigenvalue weighted by molar-refractivity contribution is 5.60. The Morgan fingerprint density at radius 2 is 1.93 bits per heavy atom. The summed E-state index contributed by atoms with van der Waals surface area (Å²) in [7, 11) is 5.16. The van der Waals surface area contributed by atoms with Crippen molar-refractivity contribution in [2.75, 3.05) is 27.9 Å². The molecule has 2 heterocycles. The summed E-state index contributed by atoms with van der Waals surface area (Å²) in [4.78, 5) is 2.64. The van der Waals surface area contributed by atoms with Gasteiger partial charge in [0.1, 0.15) is 5.75 Å². The van der Waals surface area contributed by atoms with Crippen molar-refractivity contribution >= 4 is 0 Å². The second-order valence-corrected chi connectivity index (χ2v) is 7.75. The normalized spacial score (nSPS) is 25.0. The molecule has 0 aromatic heterocycles. The van der Waals surface area contributed by atoms with Crippen molar-refractivity contribution in [1.29, 1.82) is 0 Å². The van der Waals surface area contributed by atoms with Gasteiger partial charge in [0.15, 0.2) is 11.5 Å². The molecule has 1 aliphatic carbocycles. The van der Waals surface area contributed by atoms with Crippen molar-refractivity contribution in [1.82, 2.24) is 4.90 Å². The first kappa shape index (κ1) is 16.9. The summed E-state index contributed by atoms with van der Waals surface area (Å²) in [6, 6.07) is 8.78. The standard InChI is InChI=1S/C22H26N2O3/c1-25-19-5-4-15-16(21(19)27-3)12-24-7-6-13-9-20(26-2)14(11-23)8-17(13)22(24)10-18(15)22/h4-5,8-9,18H,6-7,10-12,23H2,1-3H3/t18-,22?/m1/s1. The van der Waals surface area contributed by atoms with E-state index < -0.39 is 0 Å². The van der Waals surface area contributed by atoms with Crippen molar-refractivity contribution < 1.29 is 14.2 Å². The van der Waals surface area contributed by atoms with E-state index in [1.165, 1.54) is 22.3 Å². The van der Waals surface area contributed by atoms with Gasteiger partial charge in [-0.25, -0.2) is 0 Å². The Bertz CT molecular complexity index is 926. The maximum Gasteiger partial charge on any atom is 0.165 e. The van der Waals surface area contributed by atoms with Crippen LogP contribution in [-0.2, 0) is 25.0 Å². The topological polar surface area (TPSA) is 57.0 Å². The van der Waals surface area contributed by atoms with Gasteiger partial charge in [0.05, 0.1) is 26.9 Å². The van der Waals surface area contributed by atoms with Crippen LogP contribution in [0.3, 0.4) is 0 Å². The van der Waals surface area contributed by atoms with Crippen LogP contribution in [0.25, 0.3) is 0 Å². The lowest BCUT2D eigenvalue weighted by atomic mass is 9.82. The fourth-order valence-corrected chi connectivity index (χ4v) is 5.42. The van der Waals surface area contributed by atoms with E-state index in [2.05, 4.69) is 23.1 Å². The Morgan fingerprint density at radius 3 is 2.63 bits per heavy atom. The summed E-state index contributed by atoms with van der Waals surface area (Å²) in [6.45, 7) is 2.45. The Balaban J connectivity index is 1.65. The number of nitrogens with zero attached hydrogens (tertiary/aromatic N) is 1. The summed E-state index contributed by atoms with van der Waals surface area (Å²) >= 11 is 0. The van der Waals surface area contributed by atoms with Crippen molar-refractivity contribution in [3.05, 3.63) is 52.1 Å². The Morgan fingerprint density at radius 1 is 1.11 bits per heavy atom. The number of methoxy groups -OCH3 is 3. The van der Waals surface area contributed by atoms with E-state index >= 15 is 0 Å². The molecule has 1 unspecified atom stereocenters. The lowest BCUT2D eigenvalue weighted by Crippen LogP contribution is -2.44. The van der Waals surface area contributed by atoms with E-state index in [1.807, 2.05) is 6.07 Å². The van der Waals surface area contributed by atoms with E-state index in [0.717, 1.165) is 48.7 Å². The third kappa shape index (κ3) is 2.13. The predicted molar refractivity (Wildman–Crippen MR) is 104 cm³/mol. The van der Waals surface area contributed by atoms with Crippen LogP contribution in [0.1, 0.15) is 40.2 Å². The van der Waals surface area contributed by atoms with Crippen molar-refractivity contribution in [3.63, 3.8) is 0 Å². The second kappa shape index (κ2) is 5.88. The molecule has 0 amide bonds. The number of fused-ring (bicyclic) bond motifs is 3. The van der Waals surface area contributed by atoms with Gasteiger partial charge >= 0.3 is 0 Å². The van der Waals surface area contributed by atoms with Gasteiger partial charge in [-0.1, -0.05) is 6.07 Å². The Kier molecular flexibility index (Phi) is 3.68. The molecule has 5 nitrogen and oxygen atoms in total. The fourth-order valence-electron chi connectivity index (χ4n) is 5.42. The molecule has 1 spiro atoms. The monoisotopic (exact) mass is 366 g/mol. The van der Waals surface area contributed by atoms with Crippen molar-refractivity contribution in [3.8, 4) is 17.2 Å². The molecule has 1 saturated carbocycles. The zero-order valence-corrected chi connectivity index (χ0v) is 16.2. The number of rotatable bonds is 4. The number of ether oxygens (including phenoxy) is 3. The molecular formula is C22H26N2O3. The van der Waals surface area contributed by atoms with E-state index in [4.69, 9.17) is 19.9 Å². The predicted octanol–water partition coefficient (Wildman–Crippen LogP) is 2.93. The minimum atomic E-state index is 0.108. The van der Waals surface area contributed by atoms with Gasteiger partial charge in [-0.05, 0) is 47.7 Å². The molecule has 0 bridgehead atoms. The van der Waals surface area contributed by atoms with Crippen LogP contribution < -0.4 is 19.9 Å². The molecule has 2 atom stereocenters. The minimum absolute atomic E-state index is 0.108. The molecule has 142 valence electrons. The summed E-state index contributed by atoms with van der Waals surface area (Å²) in [6.07, 6.45) is 2.19. The van der Waals surface area contributed by atoms with Crippen LogP contribution in [0.2, 0.25) is 0 Å². The van der Waals surface area contributed by atoms with Gasteiger partial charge in [-0.3, -0.25) is 4.90 Å². The van der Waals surface area contributed by atoms with Gasteiger partial charge in [-0.15, -0.1) is 0 Å². The third-order valence-electron chi connectivity index (χ3n) is 6.75. The van der Waals surface area contributed by atoms with Crippen LogP contribution >= 0.6 is 0 Å². The molecule has 1 fully saturated rings. The first-order valence-corrected chi connectivity index (χ1v) is 9.57. The van der Waals surface area contributed by atoms with Crippen LogP contribution in [0.5, 0.6) is 17.2 Å². The van der Waals surface area contributed by atoms with E-state index in [9.17, 15) is 0 Å². The highest BCUT2D eigenvalue weighted by Crippen LogP contribution is 2.68. The van der Waals surface area contributed by atoms with Gasteiger partial charge in [0.25, 0.3) is 0 Å². The third-order valence-corrected chi connectivity index (χ3v) is 6.75. The fraction of sp³-hybridized carbons (Fsp3) is 0.455. The minimum Gasteiger partial charge on any atom is -0.496 e. The maximum absolute atomic E-state index is 6.01. The molecule has 2 aromatic carbocycles. The van der Waals surface area contributed by atoms with Crippen LogP contribution in [-0.4, -0.2) is 32.8 Å². The van der Waals surface area contributed by atoms with Crippen molar-refractivity contribution in [2.24, 2.45) is 5.73 Å². The average molecular weight is 366 g/mol. The van der Waals surface area contributed by atoms with Gasteiger partial charge in [-0.2, -0.15) is 0 Å². The second-order valence-electron chi connectivity index (χ2n) is 7.75. The lowest BCUT2D eigenvalue weighted by Gasteiger charge is -2.43. The summed E-state index contributed by atoms with van der Waals surface area (Å²) in [5.41, 5.74) is 12.7. The summed E-state index contributed by atoms with van der Waals surface area (Å²) in [5.74, 6) is 3.12. The molecular weight excluding hydrogens is 340 g/mol. The van der Waals surface area contributed by atoms with E-state index in [-0.39, 0.29) is 5.54 Å². The van der Waals surface area contributed by atoms with Gasteiger partial charge < -0.3 is 19.9 Å². The lowest BCUT2D eigenvalue weighted by molar-refractivity contribution is 0.136. The Labute approximate surface area is 160 Å². The van der Waals surface area contributed by atoms with Crippen LogP contribution in [0, 0.1) is 0 Å². The zero-order valence-electron chi connectivity index (χ0n) is 16.2. The van der Waals surface area contributed by atoms with Gasteiger partial charge in [0, 0.05) is 36.7 Å². The van der Waals surface area contributed by atoms with E-state index in [0.29, 0.717) is 12.5 Å². The van der Waals surface area contributed by atoms with Crippen LogP contribution in [0.4, 0.5) is 0 Å². The highest BCUT2D eigenvalue weighted by Gasteiger charge is 2.64. The first-order valence-electron chi connectivity index (χ1n) is 9.57. The number of nitrogens with two attached hydrogens (primary N) is 1. The maximum atomic E-state index is 6.01. The number of hydrogen-bond donors (Lipinski definition) is 1. The smallest absolute Gasteiger partial charge is 0.165 e. The molecule has 2 N–H and O–H groups in total. The van der Waals surface area contributed by atoms with Crippen molar-refractivity contribution in [2.45, 2.75) is 37.4 Å². The molecule has 0 radical (unpaired) electrons. The Hall–Kier alpha value is -2.24. The molecule has 2 aromatic rings. The molecule has 0 saturated heterocycles. The highest BCUT2D eigenvalue weighted by atomic mass is 16.5. The van der Waals surface area contributed by atoms with E-state index in [1.54, 1.807) is 21.3 Å². The first-order chi connectivity index (χ1) is 13.2. The molecule has 3 aliphatic rings. The average Bonchev–Trinajstić information content (AvgIpc) is 3.46. The molecule has 5 heteroatoms. The summed E-state index contributed by atoms with van der Waals surface area (Å²) < 4.78 is 16.8. The quantitative estimate of drug-likeness (QED) is 0.902. The number of hydrogen-bond acceptors (Lipinski definition) is 5. The largest absolute Gasteiger partial charge is 0.496 e. The zero-order chi connectivity index (χ0) is 18.8. The summed E-state index contributed by atoms with van der Waals surface area (Å²) in [5, 5.41) is 0. The SMILES string of the molecule is COc1cc2c(cc1CN)C13C[C@@H]1c1ccc(OC)c(OC)c1CN3CC2.